The molecule has 1 amide bonds. The van der Waals surface area contributed by atoms with Crippen LogP contribution >= 0.6 is 0 Å². The number of amides is 1. The Hall–Kier alpha value is -2.75. The number of carbonyl (C=O) groups excluding carboxylic acids is 1. The van der Waals surface area contributed by atoms with Crippen molar-refractivity contribution in [3.8, 4) is 5.75 Å². The van der Waals surface area contributed by atoms with Crippen LogP contribution in [0.3, 0.4) is 0 Å². The van der Waals surface area contributed by atoms with Crippen molar-refractivity contribution < 1.29 is 14.3 Å². The van der Waals surface area contributed by atoms with Gasteiger partial charge in [-0.2, -0.15) is 0 Å². The molecule has 2 heterocycles. The maximum absolute atomic E-state index is 12.7. The minimum absolute atomic E-state index is 0.128. The molecule has 1 fully saturated rings. The number of benzene rings is 2. The molecule has 4 rings (SSSR count). The van der Waals surface area contributed by atoms with Gasteiger partial charge in [-0.15, -0.1) is 0 Å². The van der Waals surface area contributed by atoms with Crippen LogP contribution < -0.4 is 4.74 Å². The topological polar surface area (TPSA) is 38.8 Å². The molecule has 2 aliphatic rings. The van der Waals surface area contributed by atoms with Gasteiger partial charge in [0.2, 0.25) is 0 Å². The Morgan fingerprint density at radius 2 is 1.82 bits per heavy atom. The fraction of sp³-hybridized carbons (Fsp3) is 0.375. The van der Waals surface area contributed by atoms with Gasteiger partial charge in [0, 0.05) is 6.04 Å². The molecule has 146 valence electrons. The lowest BCUT2D eigenvalue weighted by atomic mass is 9.95. The third-order valence-corrected chi connectivity index (χ3v) is 5.41. The highest BCUT2D eigenvalue weighted by Gasteiger charge is 2.40. The molecule has 2 aromatic carbocycles. The molecule has 4 heteroatoms. The summed E-state index contributed by atoms with van der Waals surface area (Å²) in [6.07, 6.45) is 5.12. The summed E-state index contributed by atoms with van der Waals surface area (Å²) in [6, 6.07) is 18.5. The van der Waals surface area contributed by atoms with Gasteiger partial charge < -0.3 is 9.47 Å². The summed E-state index contributed by atoms with van der Waals surface area (Å²) in [5.74, 6) is 0.893. The van der Waals surface area contributed by atoms with Crippen molar-refractivity contribution in [1.29, 1.82) is 0 Å². The Balaban J connectivity index is 1.42. The smallest absolute Gasteiger partial charge is 0.410 e. The van der Waals surface area contributed by atoms with Gasteiger partial charge in [-0.25, -0.2) is 4.79 Å². The van der Waals surface area contributed by atoms with E-state index in [1.165, 1.54) is 11.1 Å². The lowest BCUT2D eigenvalue weighted by Gasteiger charge is -2.33. The van der Waals surface area contributed by atoms with Crippen LogP contribution in [0.15, 0.2) is 60.7 Å². The van der Waals surface area contributed by atoms with Crippen LogP contribution in [-0.4, -0.2) is 29.2 Å². The van der Waals surface area contributed by atoms with Crippen molar-refractivity contribution in [2.45, 2.75) is 57.9 Å². The second-order valence-electron chi connectivity index (χ2n) is 7.83. The first-order chi connectivity index (χ1) is 13.6. The van der Waals surface area contributed by atoms with Crippen molar-refractivity contribution in [1.82, 2.24) is 4.90 Å². The highest BCUT2D eigenvalue weighted by molar-refractivity contribution is 5.75. The molecule has 4 nitrogen and oxygen atoms in total. The molecule has 2 aromatic rings. The van der Waals surface area contributed by atoms with Gasteiger partial charge in [0.05, 0.1) is 12.1 Å². The molecular formula is C24H27NO3. The van der Waals surface area contributed by atoms with Crippen molar-refractivity contribution in [2.75, 3.05) is 0 Å². The van der Waals surface area contributed by atoms with Crippen molar-refractivity contribution in [2.24, 2.45) is 0 Å². The van der Waals surface area contributed by atoms with Crippen LogP contribution in [-0.2, 0) is 11.3 Å². The summed E-state index contributed by atoms with van der Waals surface area (Å²) < 4.78 is 11.3. The zero-order valence-electron chi connectivity index (χ0n) is 16.5. The molecule has 0 N–H and O–H groups in total. The molecule has 0 aromatic heterocycles. The van der Waals surface area contributed by atoms with Crippen LogP contribution in [0, 0.1) is 0 Å². The SMILES string of the molecule is CC(C)Oc1ccc(C2=CC3CCC(C2)N3C(=O)OCc2ccccc2)cc1. The molecule has 2 aliphatic heterocycles. The van der Waals surface area contributed by atoms with Crippen LogP contribution in [0.1, 0.15) is 44.2 Å². The predicted molar refractivity (Wildman–Crippen MR) is 110 cm³/mol. The van der Waals surface area contributed by atoms with Gasteiger partial charge in [-0.3, -0.25) is 4.90 Å². The minimum Gasteiger partial charge on any atom is -0.491 e. The fourth-order valence-electron chi connectivity index (χ4n) is 4.14. The first kappa shape index (κ1) is 18.6. The predicted octanol–water partition coefficient (Wildman–Crippen LogP) is 5.43. The number of hydrogen-bond acceptors (Lipinski definition) is 3. The van der Waals surface area contributed by atoms with E-state index in [-0.39, 0.29) is 24.3 Å². The normalized spacial score (nSPS) is 20.8. The third-order valence-electron chi connectivity index (χ3n) is 5.41. The second kappa shape index (κ2) is 8.09. The van der Waals surface area contributed by atoms with E-state index in [0.717, 1.165) is 30.6 Å². The zero-order chi connectivity index (χ0) is 19.5. The summed E-state index contributed by atoms with van der Waals surface area (Å²) in [7, 11) is 0. The molecule has 0 spiro atoms. The molecule has 2 unspecified atom stereocenters. The van der Waals surface area contributed by atoms with Crippen molar-refractivity contribution in [3.63, 3.8) is 0 Å². The molecule has 2 bridgehead atoms. The largest absolute Gasteiger partial charge is 0.491 e. The zero-order valence-corrected chi connectivity index (χ0v) is 16.5. The third kappa shape index (κ3) is 4.06. The number of rotatable bonds is 5. The van der Waals surface area contributed by atoms with E-state index in [2.05, 4.69) is 18.2 Å². The van der Waals surface area contributed by atoms with Crippen molar-refractivity contribution >= 4 is 11.7 Å². The van der Waals surface area contributed by atoms with E-state index >= 15 is 0 Å². The standard InChI is InChI=1S/C24H27NO3/c1-17(2)28-23-12-8-19(9-13-23)20-14-21-10-11-22(15-20)25(21)24(26)27-16-18-6-4-3-5-7-18/h3-9,12-14,17,21-22H,10-11,15-16H2,1-2H3. The van der Waals surface area contributed by atoms with Crippen LogP contribution in [0.2, 0.25) is 0 Å². The van der Waals surface area contributed by atoms with Crippen molar-refractivity contribution in [3.05, 3.63) is 71.8 Å². The van der Waals surface area contributed by atoms with Gasteiger partial charge in [0.1, 0.15) is 12.4 Å². The number of fused-ring (bicyclic) bond motifs is 2. The van der Waals surface area contributed by atoms with E-state index in [1.54, 1.807) is 0 Å². The van der Waals surface area contributed by atoms with Gasteiger partial charge >= 0.3 is 6.09 Å². The highest BCUT2D eigenvalue weighted by Crippen LogP contribution is 2.39. The van der Waals surface area contributed by atoms with Crippen LogP contribution in [0.5, 0.6) is 5.75 Å². The molecule has 2 atom stereocenters. The Morgan fingerprint density at radius 3 is 2.50 bits per heavy atom. The van der Waals surface area contributed by atoms with E-state index in [0.29, 0.717) is 6.61 Å². The maximum Gasteiger partial charge on any atom is 0.410 e. The minimum atomic E-state index is -0.202. The van der Waals surface area contributed by atoms with Crippen LogP contribution in [0.4, 0.5) is 4.79 Å². The maximum atomic E-state index is 12.7. The summed E-state index contributed by atoms with van der Waals surface area (Å²) in [5, 5.41) is 0. The fourth-order valence-corrected chi connectivity index (χ4v) is 4.14. The lowest BCUT2D eigenvalue weighted by molar-refractivity contribution is 0.0832. The lowest BCUT2D eigenvalue weighted by Crippen LogP contribution is -2.43. The van der Waals surface area contributed by atoms with E-state index in [4.69, 9.17) is 9.47 Å². The number of hydrogen-bond donors (Lipinski definition) is 0. The number of carbonyl (C=O) groups is 1. The quantitative estimate of drug-likeness (QED) is 0.697. The highest BCUT2D eigenvalue weighted by atomic mass is 16.6. The average Bonchev–Trinajstić information content (AvgIpc) is 2.97. The van der Waals surface area contributed by atoms with Gasteiger partial charge in [0.15, 0.2) is 0 Å². The van der Waals surface area contributed by atoms with Gasteiger partial charge in [0.25, 0.3) is 0 Å². The molecule has 0 radical (unpaired) electrons. The monoisotopic (exact) mass is 377 g/mol. The van der Waals surface area contributed by atoms with E-state index < -0.39 is 0 Å². The summed E-state index contributed by atoms with van der Waals surface area (Å²) in [4.78, 5) is 14.6. The first-order valence-electron chi connectivity index (χ1n) is 10.1. The van der Waals surface area contributed by atoms with Crippen LogP contribution in [0.25, 0.3) is 5.57 Å². The number of nitrogens with zero attached hydrogens (tertiary/aromatic N) is 1. The Morgan fingerprint density at radius 1 is 1.07 bits per heavy atom. The summed E-state index contributed by atoms with van der Waals surface area (Å²) in [5.41, 5.74) is 3.54. The Bertz CT molecular complexity index is 842. The Kier molecular flexibility index (Phi) is 5.38. The summed E-state index contributed by atoms with van der Waals surface area (Å²) in [6.45, 7) is 4.38. The Labute approximate surface area is 166 Å². The van der Waals surface area contributed by atoms with E-state index in [1.807, 2.05) is 61.2 Å². The van der Waals surface area contributed by atoms with Gasteiger partial charge in [-0.05, 0) is 61.9 Å². The molecule has 1 saturated heterocycles. The summed E-state index contributed by atoms with van der Waals surface area (Å²) >= 11 is 0. The number of ether oxygens (including phenoxy) is 2. The molecule has 0 saturated carbocycles. The molecular weight excluding hydrogens is 350 g/mol. The van der Waals surface area contributed by atoms with Gasteiger partial charge in [-0.1, -0.05) is 48.5 Å². The average molecular weight is 377 g/mol. The molecule has 0 aliphatic carbocycles. The van der Waals surface area contributed by atoms with E-state index in [9.17, 15) is 4.79 Å². The second-order valence-corrected chi connectivity index (χ2v) is 7.83. The molecule has 28 heavy (non-hydrogen) atoms. The first-order valence-corrected chi connectivity index (χ1v) is 10.1.